The number of hydrogen-bond donors (Lipinski definition) is 2. The third kappa shape index (κ3) is 6.08. The van der Waals surface area contributed by atoms with Crippen molar-refractivity contribution in [1.82, 2.24) is 15.3 Å². The molecule has 0 unspecified atom stereocenters. The Kier molecular flexibility index (Phi) is 7.00. The molecule has 1 aromatic heterocycles. The van der Waals surface area contributed by atoms with Crippen molar-refractivity contribution < 1.29 is 4.79 Å². The van der Waals surface area contributed by atoms with Gasteiger partial charge in [-0.1, -0.05) is 30.3 Å². The summed E-state index contributed by atoms with van der Waals surface area (Å²) >= 11 is 0. The second-order valence-corrected chi connectivity index (χ2v) is 7.48. The van der Waals surface area contributed by atoms with Gasteiger partial charge in [0.25, 0.3) is 0 Å². The van der Waals surface area contributed by atoms with Gasteiger partial charge in [-0.25, -0.2) is 4.98 Å². The first kappa shape index (κ1) is 19.9. The lowest BCUT2D eigenvalue weighted by atomic mass is 9.86. The van der Waals surface area contributed by atoms with Crippen molar-refractivity contribution in [3.8, 4) is 0 Å². The Balaban J connectivity index is 1.39. The molecule has 2 aromatic rings. The van der Waals surface area contributed by atoms with Crippen LogP contribution in [0.2, 0.25) is 0 Å². The molecule has 0 saturated heterocycles. The lowest BCUT2D eigenvalue weighted by molar-refractivity contribution is -0.116. The van der Waals surface area contributed by atoms with Gasteiger partial charge in [0.05, 0.1) is 0 Å². The van der Waals surface area contributed by atoms with Crippen LogP contribution in [0.25, 0.3) is 6.08 Å². The van der Waals surface area contributed by atoms with Crippen molar-refractivity contribution in [2.45, 2.75) is 31.7 Å². The van der Waals surface area contributed by atoms with E-state index in [9.17, 15) is 4.79 Å². The van der Waals surface area contributed by atoms with Crippen LogP contribution in [0, 0.1) is 5.92 Å². The second kappa shape index (κ2) is 9.88. The van der Waals surface area contributed by atoms with Crippen LogP contribution in [0.4, 0.5) is 11.8 Å². The minimum Gasteiger partial charge on any atom is -0.363 e. The summed E-state index contributed by atoms with van der Waals surface area (Å²) in [5.74, 6) is 2.09. The molecule has 1 saturated carbocycles. The number of anilines is 2. The quantitative estimate of drug-likeness (QED) is 0.722. The van der Waals surface area contributed by atoms with Gasteiger partial charge in [0, 0.05) is 39.0 Å². The molecule has 1 heterocycles. The fraction of sp³-hybridized carbons (Fsp3) is 0.409. The van der Waals surface area contributed by atoms with Crippen molar-refractivity contribution in [2.24, 2.45) is 5.92 Å². The minimum atomic E-state index is -0.0296. The van der Waals surface area contributed by atoms with Gasteiger partial charge in [-0.2, -0.15) is 4.98 Å². The van der Waals surface area contributed by atoms with E-state index in [1.54, 1.807) is 12.3 Å². The van der Waals surface area contributed by atoms with Crippen molar-refractivity contribution in [3.05, 3.63) is 54.2 Å². The van der Waals surface area contributed by atoms with Gasteiger partial charge in [0.1, 0.15) is 5.82 Å². The molecule has 3 rings (SSSR count). The number of amides is 1. The molecule has 6 nitrogen and oxygen atoms in total. The maximum absolute atomic E-state index is 12.0. The van der Waals surface area contributed by atoms with Crippen LogP contribution >= 0.6 is 0 Å². The molecule has 148 valence electrons. The topological polar surface area (TPSA) is 70.2 Å². The van der Waals surface area contributed by atoms with E-state index in [0.717, 1.165) is 43.6 Å². The molecule has 1 aliphatic carbocycles. The number of hydrogen-bond acceptors (Lipinski definition) is 5. The van der Waals surface area contributed by atoms with Crippen LogP contribution < -0.4 is 15.5 Å². The fourth-order valence-corrected chi connectivity index (χ4v) is 3.40. The number of rotatable bonds is 7. The Morgan fingerprint density at radius 1 is 1.14 bits per heavy atom. The maximum Gasteiger partial charge on any atom is 0.244 e. The van der Waals surface area contributed by atoms with E-state index in [2.05, 4.69) is 20.6 Å². The first-order valence-electron chi connectivity index (χ1n) is 9.88. The average Bonchev–Trinajstić information content (AvgIpc) is 2.72. The number of benzene rings is 1. The molecular weight excluding hydrogens is 350 g/mol. The molecule has 28 heavy (non-hydrogen) atoms. The van der Waals surface area contributed by atoms with Crippen LogP contribution in [-0.4, -0.2) is 42.6 Å². The molecule has 0 spiro atoms. The molecule has 2 N–H and O–H groups in total. The summed E-state index contributed by atoms with van der Waals surface area (Å²) in [4.78, 5) is 22.8. The molecular formula is C22H29N5O. The van der Waals surface area contributed by atoms with E-state index in [1.165, 1.54) is 0 Å². The Morgan fingerprint density at radius 2 is 1.89 bits per heavy atom. The first-order valence-corrected chi connectivity index (χ1v) is 9.88. The molecule has 6 heteroatoms. The van der Waals surface area contributed by atoms with Crippen molar-refractivity contribution >= 4 is 23.7 Å². The fourth-order valence-electron chi connectivity index (χ4n) is 3.40. The van der Waals surface area contributed by atoms with Crippen LogP contribution in [0.5, 0.6) is 0 Å². The van der Waals surface area contributed by atoms with Gasteiger partial charge < -0.3 is 15.5 Å². The van der Waals surface area contributed by atoms with Gasteiger partial charge in [-0.15, -0.1) is 0 Å². The van der Waals surface area contributed by atoms with E-state index in [0.29, 0.717) is 17.9 Å². The largest absolute Gasteiger partial charge is 0.363 e. The number of nitrogens with zero attached hydrogens (tertiary/aromatic N) is 3. The predicted molar refractivity (Wildman–Crippen MR) is 114 cm³/mol. The summed E-state index contributed by atoms with van der Waals surface area (Å²) in [7, 11) is 3.95. The summed E-state index contributed by atoms with van der Waals surface area (Å²) in [6.45, 7) is 0.733. The van der Waals surface area contributed by atoms with Gasteiger partial charge in [-0.05, 0) is 49.3 Å². The molecule has 0 radical (unpaired) electrons. The molecule has 0 bridgehead atoms. The number of nitrogens with one attached hydrogen (secondary N) is 2. The molecule has 0 atom stereocenters. The Labute approximate surface area is 167 Å². The lowest BCUT2D eigenvalue weighted by Crippen LogP contribution is -2.33. The smallest absolute Gasteiger partial charge is 0.244 e. The highest BCUT2D eigenvalue weighted by molar-refractivity contribution is 5.91. The maximum atomic E-state index is 12.0. The van der Waals surface area contributed by atoms with Crippen LogP contribution in [0.3, 0.4) is 0 Å². The minimum absolute atomic E-state index is 0.0296. The average molecular weight is 380 g/mol. The van der Waals surface area contributed by atoms with Crippen molar-refractivity contribution in [2.75, 3.05) is 30.9 Å². The van der Waals surface area contributed by atoms with E-state index >= 15 is 0 Å². The van der Waals surface area contributed by atoms with Crippen molar-refractivity contribution in [1.29, 1.82) is 0 Å². The zero-order valence-electron chi connectivity index (χ0n) is 16.6. The second-order valence-electron chi connectivity index (χ2n) is 7.48. The van der Waals surface area contributed by atoms with E-state index in [4.69, 9.17) is 0 Å². The first-order chi connectivity index (χ1) is 13.6. The molecule has 0 aliphatic heterocycles. The van der Waals surface area contributed by atoms with Gasteiger partial charge in [0.2, 0.25) is 11.9 Å². The predicted octanol–water partition coefficient (Wildman–Crippen LogP) is 3.34. The Bertz CT molecular complexity index is 783. The van der Waals surface area contributed by atoms with E-state index in [1.807, 2.05) is 61.5 Å². The summed E-state index contributed by atoms with van der Waals surface area (Å²) in [5.41, 5.74) is 1.03. The van der Waals surface area contributed by atoms with Crippen LogP contribution in [-0.2, 0) is 4.79 Å². The summed E-state index contributed by atoms with van der Waals surface area (Å²) in [6.07, 6.45) is 9.55. The number of aromatic nitrogens is 2. The SMILES string of the molecule is CN(C)c1ccnc(N[C@H]2CC[C@@H](CNC(=O)C=Cc3ccccc3)CC2)n1. The number of carbonyl (C=O) groups excluding carboxylic acids is 1. The van der Waals surface area contributed by atoms with Crippen LogP contribution in [0.15, 0.2) is 48.7 Å². The summed E-state index contributed by atoms with van der Waals surface area (Å²) < 4.78 is 0. The molecule has 1 aliphatic rings. The standard InChI is InChI=1S/C22H29N5O/c1-27(2)20-14-15-23-22(26-20)25-19-11-8-18(9-12-19)16-24-21(28)13-10-17-6-4-3-5-7-17/h3-7,10,13-15,18-19H,8-9,11-12,16H2,1-2H3,(H,24,28)(H,23,25,26)/t18-,19+. The van der Waals surface area contributed by atoms with E-state index < -0.39 is 0 Å². The van der Waals surface area contributed by atoms with E-state index in [-0.39, 0.29) is 5.91 Å². The Morgan fingerprint density at radius 3 is 2.61 bits per heavy atom. The number of carbonyl (C=O) groups is 1. The zero-order valence-corrected chi connectivity index (χ0v) is 16.6. The normalized spacial score (nSPS) is 19.4. The van der Waals surface area contributed by atoms with Gasteiger partial charge in [-0.3, -0.25) is 4.79 Å². The summed E-state index contributed by atoms with van der Waals surface area (Å²) in [5, 5.41) is 6.48. The highest BCUT2D eigenvalue weighted by Crippen LogP contribution is 2.25. The van der Waals surface area contributed by atoms with Gasteiger partial charge in [0.15, 0.2) is 0 Å². The Hall–Kier alpha value is -2.89. The van der Waals surface area contributed by atoms with Gasteiger partial charge >= 0.3 is 0 Å². The summed E-state index contributed by atoms with van der Waals surface area (Å²) in [6, 6.07) is 12.1. The third-order valence-electron chi connectivity index (χ3n) is 5.07. The monoisotopic (exact) mass is 379 g/mol. The molecule has 1 amide bonds. The zero-order chi connectivity index (χ0) is 19.8. The van der Waals surface area contributed by atoms with Crippen molar-refractivity contribution in [3.63, 3.8) is 0 Å². The molecule has 1 aromatic carbocycles. The molecule has 1 fully saturated rings. The van der Waals surface area contributed by atoms with Crippen LogP contribution in [0.1, 0.15) is 31.2 Å². The highest BCUT2D eigenvalue weighted by Gasteiger charge is 2.22. The highest BCUT2D eigenvalue weighted by atomic mass is 16.1. The third-order valence-corrected chi connectivity index (χ3v) is 5.07. The lowest BCUT2D eigenvalue weighted by Gasteiger charge is -2.29.